The van der Waals surface area contributed by atoms with Gasteiger partial charge in [0.1, 0.15) is 11.5 Å². The van der Waals surface area contributed by atoms with Crippen LogP contribution in [0.3, 0.4) is 0 Å². The highest BCUT2D eigenvalue weighted by Crippen LogP contribution is 2.71. The quantitative estimate of drug-likeness (QED) is 0.449. The second kappa shape index (κ2) is 9.26. The lowest BCUT2D eigenvalue weighted by Crippen LogP contribution is -2.39. The summed E-state index contributed by atoms with van der Waals surface area (Å²) in [7, 11) is 0. The normalized spacial score (nSPS) is 26.1. The maximum Gasteiger partial charge on any atom is 0.275 e. The van der Waals surface area contributed by atoms with Gasteiger partial charge in [0.2, 0.25) is 5.88 Å². The average Bonchev–Trinajstić information content (AvgIpc) is 3.26. The van der Waals surface area contributed by atoms with E-state index in [2.05, 4.69) is 30.4 Å². The number of rotatable bonds is 7. The number of carbonyl (C=O) groups excluding carboxylic acids is 1. The number of carbonyl (C=O) groups is 1. The molecule has 1 unspecified atom stereocenters. The Hall–Kier alpha value is -3.68. The van der Waals surface area contributed by atoms with E-state index in [-0.39, 0.29) is 46.1 Å². The number of halogens is 3. The summed E-state index contributed by atoms with van der Waals surface area (Å²) < 4.78 is 52.6. The summed E-state index contributed by atoms with van der Waals surface area (Å²) >= 11 is 0.851. The highest BCUT2D eigenvalue weighted by atomic mass is 32.2. The van der Waals surface area contributed by atoms with Gasteiger partial charge >= 0.3 is 0 Å². The molecule has 10 nitrogen and oxygen atoms in total. The number of nitrogens with two attached hydrogens (primary N) is 1. The Balaban J connectivity index is 1.36. The number of nitrogens with zero attached hydrogens (tertiary/aromatic N) is 5. The Kier molecular flexibility index (Phi) is 6.32. The van der Waals surface area contributed by atoms with E-state index in [1.165, 1.54) is 31.5 Å². The summed E-state index contributed by atoms with van der Waals surface area (Å²) in [5, 5.41) is 6.31. The molecule has 4 atom stereocenters. The molecular formula is C24H24F3N7O3S. The predicted octanol–water partition coefficient (Wildman–Crippen LogP) is 3.99. The van der Waals surface area contributed by atoms with Crippen molar-refractivity contribution in [3.63, 3.8) is 0 Å². The zero-order chi connectivity index (χ0) is 27.4. The van der Waals surface area contributed by atoms with Crippen LogP contribution in [0.1, 0.15) is 47.2 Å². The number of benzene rings is 1. The van der Waals surface area contributed by atoms with E-state index >= 15 is 4.39 Å². The van der Waals surface area contributed by atoms with Crippen molar-refractivity contribution < 1.29 is 27.2 Å². The van der Waals surface area contributed by atoms with Gasteiger partial charge in [-0.1, -0.05) is 23.8 Å². The van der Waals surface area contributed by atoms with E-state index in [1.54, 1.807) is 20.8 Å². The predicted molar refractivity (Wildman–Crippen MR) is 132 cm³/mol. The number of ether oxygens (including phenoxy) is 1. The Labute approximate surface area is 219 Å². The molecule has 1 aromatic carbocycles. The Bertz CT molecular complexity index is 1430. The smallest absolute Gasteiger partial charge is 0.275 e. The molecule has 200 valence electrons. The van der Waals surface area contributed by atoms with Crippen molar-refractivity contribution in [3.8, 4) is 5.88 Å². The molecule has 0 saturated heterocycles. The van der Waals surface area contributed by atoms with Crippen LogP contribution >= 0.6 is 11.8 Å². The van der Waals surface area contributed by atoms with Crippen molar-refractivity contribution in [2.24, 2.45) is 22.6 Å². The van der Waals surface area contributed by atoms with Gasteiger partial charge in [0.15, 0.2) is 17.6 Å². The van der Waals surface area contributed by atoms with Crippen LogP contribution in [0.25, 0.3) is 0 Å². The fourth-order valence-electron chi connectivity index (χ4n) is 5.20. The molecule has 1 aliphatic carbocycles. The number of nitrogens with one attached hydrogen (secondary N) is 1. The maximum absolute atomic E-state index is 15.4. The van der Waals surface area contributed by atoms with Gasteiger partial charge in [0.25, 0.3) is 18.2 Å². The second-order valence-electron chi connectivity index (χ2n) is 9.49. The maximum atomic E-state index is 15.4. The third kappa shape index (κ3) is 4.25. The van der Waals surface area contributed by atoms with E-state index < -0.39 is 40.3 Å². The highest BCUT2D eigenvalue weighted by molar-refractivity contribution is 8.15. The molecule has 2 aliphatic rings. The SMILES string of the molecule is Cc1noc(COc2cnc(C(=O)Nc3cc(C)c(F)c([C@@]4(C)N=C(N)S[C@]5(C(F)F)C4[C@@H]5C)c3)cn2)n1. The number of aromatic nitrogens is 4. The van der Waals surface area contributed by atoms with Gasteiger partial charge in [-0.05, 0) is 44.4 Å². The van der Waals surface area contributed by atoms with E-state index in [9.17, 15) is 13.6 Å². The number of alkyl halides is 2. The lowest BCUT2D eigenvalue weighted by atomic mass is 9.84. The second-order valence-corrected chi connectivity index (χ2v) is 10.8. The molecule has 1 saturated carbocycles. The molecule has 0 radical (unpaired) electrons. The van der Waals surface area contributed by atoms with Crippen molar-refractivity contribution in [1.29, 1.82) is 0 Å². The van der Waals surface area contributed by atoms with E-state index in [4.69, 9.17) is 15.0 Å². The third-order valence-corrected chi connectivity index (χ3v) is 8.45. The van der Waals surface area contributed by atoms with Crippen molar-refractivity contribution >= 4 is 28.5 Å². The molecule has 3 aromatic rings. The topological polar surface area (TPSA) is 141 Å². The molecule has 3 heterocycles. The molecule has 0 bridgehead atoms. The number of anilines is 1. The number of hydrogen-bond acceptors (Lipinski definition) is 10. The molecule has 1 fully saturated rings. The first kappa shape index (κ1) is 25.9. The average molecular weight is 548 g/mol. The summed E-state index contributed by atoms with van der Waals surface area (Å²) in [4.78, 5) is 29.4. The van der Waals surface area contributed by atoms with Crippen LogP contribution in [0.5, 0.6) is 5.88 Å². The van der Waals surface area contributed by atoms with Crippen molar-refractivity contribution in [2.45, 2.75) is 51.0 Å². The minimum Gasteiger partial charge on any atom is -0.466 e. The van der Waals surface area contributed by atoms with Crippen LogP contribution in [0.4, 0.5) is 18.9 Å². The van der Waals surface area contributed by atoms with Crippen molar-refractivity contribution in [3.05, 3.63) is 58.9 Å². The van der Waals surface area contributed by atoms with E-state index in [0.29, 0.717) is 5.82 Å². The summed E-state index contributed by atoms with van der Waals surface area (Å²) in [5.41, 5.74) is 5.14. The minimum atomic E-state index is -2.66. The number of aryl methyl sites for hydroxylation is 2. The Morgan fingerprint density at radius 3 is 2.68 bits per heavy atom. The van der Waals surface area contributed by atoms with Gasteiger partial charge in [0.05, 0.1) is 22.7 Å². The number of hydrogen-bond donors (Lipinski definition) is 2. The molecule has 3 N–H and O–H groups in total. The summed E-state index contributed by atoms with van der Waals surface area (Å²) in [5.74, 6) is -1.42. The fourth-order valence-corrected chi connectivity index (χ4v) is 6.70. The van der Waals surface area contributed by atoms with Crippen LogP contribution in [0.15, 0.2) is 34.0 Å². The number of amides is 1. The molecule has 2 aromatic heterocycles. The Morgan fingerprint density at radius 1 is 1.29 bits per heavy atom. The summed E-state index contributed by atoms with van der Waals surface area (Å²) in [6, 6.07) is 2.85. The molecule has 1 amide bonds. The summed E-state index contributed by atoms with van der Waals surface area (Å²) in [6.45, 7) is 6.48. The molecule has 38 heavy (non-hydrogen) atoms. The van der Waals surface area contributed by atoms with E-state index in [0.717, 1.165) is 11.8 Å². The standard InChI is InChI=1S/C24H24F3N7O3S/c1-10-5-13(32-20(35)15-7-30-16(8-29-15)36-9-17-31-12(3)34-37-17)6-14(18(10)25)23(4)19-11(2)24(19,21(26)27)38-22(28)33-23/h5-8,11,19,21H,9H2,1-4H3,(H2,28,33)(H,32,35)/t11-,19?,23+,24-/m0/s1. The molecule has 5 rings (SSSR count). The molecular weight excluding hydrogens is 523 g/mol. The largest absolute Gasteiger partial charge is 0.466 e. The molecule has 0 spiro atoms. The van der Waals surface area contributed by atoms with Gasteiger partial charge in [-0.2, -0.15) is 4.98 Å². The van der Waals surface area contributed by atoms with Crippen LogP contribution < -0.4 is 15.8 Å². The number of thioether (sulfide) groups is 1. The van der Waals surface area contributed by atoms with Gasteiger partial charge < -0.3 is 20.3 Å². The van der Waals surface area contributed by atoms with Gasteiger partial charge in [0, 0.05) is 17.2 Å². The number of fused-ring (bicyclic) bond motifs is 1. The van der Waals surface area contributed by atoms with Crippen LogP contribution in [-0.2, 0) is 12.1 Å². The van der Waals surface area contributed by atoms with Crippen LogP contribution in [0.2, 0.25) is 0 Å². The third-order valence-electron chi connectivity index (χ3n) is 6.99. The van der Waals surface area contributed by atoms with Crippen molar-refractivity contribution in [2.75, 3.05) is 5.32 Å². The first-order valence-electron chi connectivity index (χ1n) is 11.6. The zero-order valence-electron chi connectivity index (χ0n) is 20.8. The number of aliphatic imine (C=N–C) groups is 1. The first-order valence-corrected chi connectivity index (χ1v) is 12.5. The fraction of sp³-hybridized carbons (Fsp3) is 0.417. The Morgan fingerprint density at radius 2 is 2.05 bits per heavy atom. The van der Waals surface area contributed by atoms with Crippen LogP contribution in [-0.4, -0.2) is 42.4 Å². The first-order chi connectivity index (χ1) is 18.0. The van der Waals surface area contributed by atoms with Gasteiger partial charge in [-0.15, -0.1) is 0 Å². The lowest BCUT2D eigenvalue weighted by Gasteiger charge is -2.34. The number of amidine groups is 1. The summed E-state index contributed by atoms with van der Waals surface area (Å²) in [6.07, 6.45) is -0.181. The van der Waals surface area contributed by atoms with Crippen molar-refractivity contribution in [1.82, 2.24) is 20.1 Å². The highest BCUT2D eigenvalue weighted by Gasteiger charge is 2.76. The lowest BCUT2D eigenvalue weighted by molar-refractivity contribution is 0.102. The van der Waals surface area contributed by atoms with Gasteiger partial charge in [-0.25, -0.2) is 23.1 Å². The molecule has 14 heteroatoms. The zero-order valence-corrected chi connectivity index (χ0v) is 21.6. The van der Waals surface area contributed by atoms with Gasteiger partial charge in [-0.3, -0.25) is 9.79 Å². The molecule has 1 aliphatic heterocycles. The van der Waals surface area contributed by atoms with Crippen LogP contribution in [0, 0.1) is 31.5 Å². The van der Waals surface area contributed by atoms with E-state index in [1.807, 2.05) is 0 Å². The monoisotopic (exact) mass is 547 g/mol. The minimum absolute atomic E-state index is 0.0184.